The van der Waals surface area contributed by atoms with E-state index in [0.717, 1.165) is 0 Å². The van der Waals surface area contributed by atoms with Crippen LogP contribution in [0.15, 0.2) is 0 Å². The van der Waals surface area contributed by atoms with Crippen LogP contribution >= 0.6 is 0 Å². The molecule has 0 bridgehead atoms. The fourth-order valence-electron chi connectivity index (χ4n) is 1.55. The van der Waals surface area contributed by atoms with Crippen LogP contribution in [0.3, 0.4) is 0 Å². The molecule has 0 aliphatic carbocycles. The van der Waals surface area contributed by atoms with E-state index in [1.807, 2.05) is 0 Å². The summed E-state index contributed by atoms with van der Waals surface area (Å²) < 4.78 is 19.0. The van der Waals surface area contributed by atoms with Crippen LogP contribution in [0, 0.1) is 5.92 Å². The van der Waals surface area contributed by atoms with Gasteiger partial charge < -0.3 is 24.3 Å². The molecular formula is C13H23NO7. The Morgan fingerprint density at radius 3 is 2.14 bits per heavy atom. The van der Waals surface area contributed by atoms with E-state index in [-0.39, 0.29) is 19.6 Å². The van der Waals surface area contributed by atoms with Crippen LogP contribution < -0.4 is 5.32 Å². The number of nitrogens with one attached hydrogen (secondary N) is 1. The molecule has 0 heterocycles. The van der Waals surface area contributed by atoms with Crippen molar-refractivity contribution >= 4 is 17.8 Å². The minimum Gasteiger partial charge on any atom is -0.469 e. The highest BCUT2D eigenvalue weighted by molar-refractivity contribution is 5.85. The van der Waals surface area contributed by atoms with Crippen molar-refractivity contribution in [2.75, 3.05) is 41.2 Å². The molecule has 8 nitrogen and oxygen atoms in total. The maximum atomic E-state index is 11.7. The summed E-state index contributed by atoms with van der Waals surface area (Å²) in [6, 6.07) is -0.928. The minimum atomic E-state index is -0.928. The summed E-state index contributed by atoms with van der Waals surface area (Å²) in [7, 11) is 3.98. The van der Waals surface area contributed by atoms with Crippen molar-refractivity contribution in [1.82, 2.24) is 5.32 Å². The van der Waals surface area contributed by atoms with Gasteiger partial charge in [-0.15, -0.1) is 0 Å². The van der Waals surface area contributed by atoms with E-state index in [1.165, 1.54) is 21.3 Å². The highest BCUT2D eigenvalue weighted by Crippen LogP contribution is 2.09. The smallest absolute Gasteiger partial charge is 0.328 e. The zero-order valence-electron chi connectivity index (χ0n) is 12.8. The summed E-state index contributed by atoms with van der Waals surface area (Å²) in [5.41, 5.74) is 0. The molecule has 0 fully saturated rings. The quantitative estimate of drug-likeness (QED) is 0.429. The lowest BCUT2D eigenvalue weighted by Gasteiger charge is -2.19. The number of carbonyl (C=O) groups excluding carboxylic acids is 3. The molecule has 0 aliphatic rings. The Balaban J connectivity index is 4.39. The van der Waals surface area contributed by atoms with E-state index < -0.39 is 29.8 Å². The van der Waals surface area contributed by atoms with Crippen LogP contribution in [-0.2, 0) is 33.3 Å². The first-order chi connectivity index (χ1) is 9.96. The molecule has 0 saturated heterocycles. The molecule has 122 valence electrons. The standard InChI is InChI=1S/C13H23NO7/c1-9(12(16)19-3)7-10(13(17)20-4)14-11(15)8-21-6-5-18-2/h9-10H,5-8H2,1-4H3,(H,14,15)/t9-,10+/m0/s1. The second kappa shape index (κ2) is 11.0. The lowest BCUT2D eigenvalue weighted by molar-refractivity contribution is -0.149. The maximum absolute atomic E-state index is 11.7. The minimum absolute atomic E-state index is 0.0865. The molecule has 0 unspecified atom stereocenters. The predicted molar refractivity (Wildman–Crippen MR) is 72.4 cm³/mol. The van der Waals surface area contributed by atoms with Crippen LogP contribution in [0.25, 0.3) is 0 Å². The first-order valence-corrected chi connectivity index (χ1v) is 6.47. The van der Waals surface area contributed by atoms with Crippen LogP contribution in [0.1, 0.15) is 13.3 Å². The SMILES string of the molecule is COCCOCC(=O)N[C@H](C[C@H](C)C(=O)OC)C(=O)OC. The average Bonchev–Trinajstić information content (AvgIpc) is 2.49. The Hall–Kier alpha value is -1.67. The summed E-state index contributed by atoms with van der Waals surface area (Å²) in [5.74, 6) is -2.11. The zero-order chi connectivity index (χ0) is 16.3. The Morgan fingerprint density at radius 1 is 1.00 bits per heavy atom. The lowest BCUT2D eigenvalue weighted by atomic mass is 10.0. The van der Waals surface area contributed by atoms with E-state index in [9.17, 15) is 14.4 Å². The molecule has 0 aromatic heterocycles. The molecule has 0 aromatic rings. The zero-order valence-corrected chi connectivity index (χ0v) is 12.8. The molecular weight excluding hydrogens is 282 g/mol. The van der Waals surface area contributed by atoms with Crippen molar-refractivity contribution in [1.29, 1.82) is 0 Å². The Kier molecular flexibility index (Phi) is 10.2. The molecule has 0 saturated carbocycles. The van der Waals surface area contributed by atoms with Gasteiger partial charge in [-0.05, 0) is 6.42 Å². The molecule has 1 N–H and O–H groups in total. The molecule has 0 spiro atoms. The first-order valence-electron chi connectivity index (χ1n) is 6.47. The summed E-state index contributed by atoms with van der Waals surface area (Å²) >= 11 is 0. The number of hydrogen-bond acceptors (Lipinski definition) is 7. The fraction of sp³-hybridized carbons (Fsp3) is 0.769. The van der Waals surface area contributed by atoms with Gasteiger partial charge in [0.25, 0.3) is 0 Å². The number of methoxy groups -OCH3 is 3. The van der Waals surface area contributed by atoms with Crippen LogP contribution in [0.5, 0.6) is 0 Å². The second-order valence-electron chi connectivity index (χ2n) is 4.35. The van der Waals surface area contributed by atoms with Crippen molar-refractivity contribution in [3.8, 4) is 0 Å². The molecule has 2 atom stereocenters. The monoisotopic (exact) mass is 305 g/mol. The van der Waals surface area contributed by atoms with Gasteiger partial charge >= 0.3 is 11.9 Å². The highest BCUT2D eigenvalue weighted by Gasteiger charge is 2.27. The van der Waals surface area contributed by atoms with Crippen molar-refractivity contribution < 1.29 is 33.3 Å². The van der Waals surface area contributed by atoms with Gasteiger partial charge in [-0.3, -0.25) is 9.59 Å². The van der Waals surface area contributed by atoms with Gasteiger partial charge in [0.2, 0.25) is 5.91 Å². The highest BCUT2D eigenvalue weighted by atomic mass is 16.5. The van der Waals surface area contributed by atoms with E-state index in [0.29, 0.717) is 6.61 Å². The third kappa shape index (κ3) is 8.26. The Labute approximate surface area is 124 Å². The van der Waals surface area contributed by atoms with Gasteiger partial charge in [0.1, 0.15) is 12.6 Å². The topological polar surface area (TPSA) is 100 Å². The van der Waals surface area contributed by atoms with Gasteiger partial charge in [-0.1, -0.05) is 6.92 Å². The van der Waals surface area contributed by atoms with Crippen LogP contribution in [0.2, 0.25) is 0 Å². The third-order valence-corrected chi connectivity index (χ3v) is 2.68. The van der Waals surface area contributed by atoms with Crippen molar-refractivity contribution in [3.05, 3.63) is 0 Å². The number of rotatable bonds is 10. The van der Waals surface area contributed by atoms with Crippen LogP contribution in [-0.4, -0.2) is 65.0 Å². The van der Waals surface area contributed by atoms with Crippen molar-refractivity contribution in [2.45, 2.75) is 19.4 Å². The van der Waals surface area contributed by atoms with Gasteiger partial charge in [0.15, 0.2) is 0 Å². The molecule has 21 heavy (non-hydrogen) atoms. The summed E-state index contributed by atoms with van der Waals surface area (Å²) in [4.78, 5) is 34.6. The van der Waals surface area contributed by atoms with Gasteiger partial charge in [-0.25, -0.2) is 4.79 Å². The predicted octanol–water partition coefficient (Wildman–Crippen LogP) is -0.494. The summed E-state index contributed by atoms with van der Waals surface area (Å²) in [5, 5.41) is 2.47. The van der Waals surface area contributed by atoms with E-state index in [1.54, 1.807) is 6.92 Å². The number of ether oxygens (including phenoxy) is 4. The average molecular weight is 305 g/mol. The molecule has 0 rings (SSSR count). The normalized spacial score (nSPS) is 13.1. The molecule has 8 heteroatoms. The van der Waals surface area contributed by atoms with Crippen molar-refractivity contribution in [2.24, 2.45) is 5.92 Å². The number of carbonyl (C=O) groups is 3. The Bertz CT molecular complexity index is 345. The molecule has 0 aliphatic heterocycles. The Morgan fingerprint density at radius 2 is 1.62 bits per heavy atom. The largest absolute Gasteiger partial charge is 0.469 e. The number of amides is 1. The van der Waals surface area contributed by atoms with Gasteiger partial charge in [0, 0.05) is 7.11 Å². The summed E-state index contributed by atoms with van der Waals surface area (Å²) in [6.45, 7) is 2.03. The summed E-state index contributed by atoms with van der Waals surface area (Å²) in [6.07, 6.45) is 0.0865. The fourth-order valence-corrected chi connectivity index (χ4v) is 1.55. The van der Waals surface area contributed by atoms with Crippen LogP contribution in [0.4, 0.5) is 0 Å². The van der Waals surface area contributed by atoms with E-state index in [4.69, 9.17) is 9.47 Å². The first kappa shape index (κ1) is 19.3. The van der Waals surface area contributed by atoms with Gasteiger partial charge in [0.05, 0.1) is 33.4 Å². The number of hydrogen-bond donors (Lipinski definition) is 1. The number of esters is 2. The maximum Gasteiger partial charge on any atom is 0.328 e. The van der Waals surface area contributed by atoms with E-state index in [2.05, 4.69) is 14.8 Å². The lowest BCUT2D eigenvalue weighted by Crippen LogP contribution is -2.44. The molecule has 1 amide bonds. The second-order valence-corrected chi connectivity index (χ2v) is 4.35. The van der Waals surface area contributed by atoms with E-state index >= 15 is 0 Å². The third-order valence-electron chi connectivity index (χ3n) is 2.68. The molecule has 0 radical (unpaired) electrons. The van der Waals surface area contributed by atoms with Crippen molar-refractivity contribution in [3.63, 3.8) is 0 Å². The van der Waals surface area contributed by atoms with Gasteiger partial charge in [-0.2, -0.15) is 0 Å². The molecule has 0 aromatic carbocycles.